The topological polar surface area (TPSA) is 42.4 Å². The zero-order chi connectivity index (χ0) is 28.2. The van der Waals surface area contributed by atoms with Gasteiger partial charge in [-0.2, -0.15) is 0 Å². The Bertz CT molecular complexity index is 1330. The first-order chi connectivity index (χ1) is 18.3. The molecule has 1 N–H and O–H groups in total. The van der Waals surface area contributed by atoms with E-state index < -0.39 is 6.10 Å². The van der Waals surface area contributed by atoms with Gasteiger partial charge in [-0.1, -0.05) is 53.7 Å². The molecule has 3 saturated heterocycles. The van der Waals surface area contributed by atoms with Crippen LogP contribution in [-0.4, -0.2) is 40.8 Å². The number of benzene rings is 2. The molecule has 0 saturated carbocycles. The van der Waals surface area contributed by atoms with Crippen LogP contribution in [-0.2, 0) is 17.4 Å². The van der Waals surface area contributed by atoms with Gasteiger partial charge >= 0.3 is 0 Å². The summed E-state index contributed by atoms with van der Waals surface area (Å²) in [5.74, 6) is 1.86. The Morgan fingerprint density at radius 2 is 1.74 bits per heavy atom. The molecule has 39 heavy (non-hydrogen) atoms. The minimum Gasteiger partial charge on any atom is -0.497 e. The quantitative estimate of drug-likeness (QED) is 0.267. The number of fused-ring (bicyclic) bond motifs is 4. The van der Waals surface area contributed by atoms with E-state index in [-0.39, 0.29) is 16.9 Å². The van der Waals surface area contributed by atoms with Gasteiger partial charge in [0.1, 0.15) is 24.4 Å². The molecule has 0 radical (unpaired) electrons. The lowest BCUT2D eigenvalue weighted by atomic mass is 9.71. The summed E-state index contributed by atoms with van der Waals surface area (Å²) >= 11 is 0. The molecule has 4 heterocycles. The van der Waals surface area contributed by atoms with Crippen LogP contribution in [0.25, 0.3) is 10.9 Å². The maximum absolute atomic E-state index is 12.2. The molecule has 3 aliphatic rings. The number of nitrogens with zero attached hydrogens (tertiary/aromatic N) is 2. The van der Waals surface area contributed by atoms with Crippen molar-refractivity contribution in [3.8, 4) is 5.75 Å². The fraction of sp³-hybridized carbons (Fsp3) is 0.514. The minimum atomic E-state index is -0.580. The standard InChI is InChI=1S/C35H47N2O2/c1-9-24-22-37(21-23-16-26(34(2,3)4)19-27(17-23)35(5,6)7)15-13-25(24)18-32(37)33(38)29-12-14-36-31-11-10-28(39-8)20-30(29)31/h9-12,14,16-17,19-20,24-25,32-33,38H,1,13,15,18,21-22H2,2-8H3/q+1/t24-,25-,32-,33+,37+/m0/s1. The number of aliphatic hydroxyl groups excluding tert-OH is 1. The first-order valence-electron chi connectivity index (χ1n) is 14.6. The number of ether oxygens (including phenoxy) is 1. The van der Waals surface area contributed by atoms with Gasteiger partial charge in [-0.3, -0.25) is 4.98 Å². The van der Waals surface area contributed by atoms with Crippen molar-refractivity contribution in [2.75, 3.05) is 20.2 Å². The van der Waals surface area contributed by atoms with Crippen LogP contribution in [0, 0.1) is 11.8 Å². The predicted molar refractivity (Wildman–Crippen MR) is 161 cm³/mol. The molecule has 3 aromatic rings. The molecule has 2 bridgehead atoms. The average Bonchev–Trinajstić information content (AvgIpc) is 2.90. The summed E-state index contributed by atoms with van der Waals surface area (Å²) in [6.45, 7) is 21.1. The number of hydrogen-bond donors (Lipinski definition) is 1. The summed E-state index contributed by atoms with van der Waals surface area (Å²) in [6.07, 6.45) is 5.64. The molecule has 0 unspecified atom stereocenters. The lowest BCUT2D eigenvalue weighted by Crippen LogP contribution is -2.67. The van der Waals surface area contributed by atoms with Crippen LogP contribution in [0.3, 0.4) is 0 Å². The van der Waals surface area contributed by atoms with E-state index in [9.17, 15) is 5.11 Å². The van der Waals surface area contributed by atoms with Crippen molar-refractivity contribution in [3.63, 3.8) is 0 Å². The van der Waals surface area contributed by atoms with Crippen molar-refractivity contribution in [1.29, 1.82) is 0 Å². The third-order valence-corrected chi connectivity index (χ3v) is 9.56. The first-order valence-corrected chi connectivity index (χ1v) is 14.6. The molecule has 208 valence electrons. The predicted octanol–water partition coefficient (Wildman–Crippen LogP) is 7.48. The lowest BCUT2D eigenvalue weighted by Gasteiger charge is -2.58. The van der Waals surface area contributed by atoms with Crippen molar-refractivity contribution in [1.82, 2.24) is 4.98 Å². The summed E-state index contributed by atoms with van der Waals surface area (Å²) in [7, 11) is 1.69. The van der Waals surface area contributed by atoms with E-state index >= 15 is 0 Å². The summed E-state index contributed by atoms with van der Waals surface area (Å²) in [6, 6.07) is 15.3. The van der Waals surface area contributed by atoms with Crippen LogP contribution in [0.2, 0.25) is 0 Å². The molecule has 0 spiro atoms. The molecule has 3 aliphatic heterocycles. The zero-order valence-electron chi connectivity index (χ0n) is 25.0. The summed E-state index contributed by atoms with van der Waals surface area (Å²) in [5, 5.41) is 13.2. The van der Waals surface area contributed by atoms with Gasteiger partial charge in [0.25, 0.3) is 0 Å². The van der Waals surface area contributed by atoms with Gasteiger partial charge in [0.05, 0.1) is 25.7 Å². The second-order valence-electron chi connectivity index (χ2n) is 14.2. The lowest BCUT2D eigenvalue weighted by molar-refractivity contribution is -0.984. The maximum Gasteiger partial charge on any atom is 0.131 e. The zero-order valence-corrected chi connectivity index (χ0v) is 25.0. The molecule has 6 rings (SSSR count). The van der Waals surface area contributed by atoms with Crippen molar-refractivity contribution in [3.05, 3.63) is 83.6 Å². The Balaban J connectivity index is 1.60. The Kier molecular flexibility index (Phi) is 7.18. The molecule has 1 aromatic heterocycles. The fourth-order valence-corrected chi connectivity index (χ4v) is 7.13. The molecule has 2 aromatic carbocycles. The van der Waals surface area contributed by atoms with E-state index in [2.05, 4.69) is 77.4 Å². The highest BCUT2D eigenvalue weighted by atomic mass is 16.5. The smallest absolute Gasteiger partial charge is 0.131 e. The van der Waals surface area contributed by atoms with E-state index in [1.54, 1.807) is 7.11 Å². The Labute approximate surface area is 235 Å². The molecule has 5 atom stereocenters. The fourth-order valence-electron chi connectivity index (χ4n) is 7.13. The third kappa shape index (κ3) is 5.26. The van der Waals surface area contributed by atoms with Gasteiger partial charge in [0.2, 0.25) is 0 Å². The molecule has 4 heteroatoms. The molecular weight excluding hydrogens is 480 g/mol. The van der Waals surface area contributed by atoms with Crippen molar-refractivity contribution in [2.45, 2.75) is 83.9 Å². The van der Waals surface area contributed by atoms with Gasteiger partial charge in [-0.25, -0.2) is 0 Å². The van der Waals surface area contributed by atoms with Crippen LogP contribution in [0.4, 0.5) is 0 Å². The van der Waals surface area contributed by atoms with Gasteiger partial charge in [-0.15, -0.1) is 6.58 Å². The highest BCUT2D eigenvalue weighted by Crippen LogP contribution is 2.48. The molecule has 0 aliphatic carbocycles. The monoisotopic (exact) mass is 527 g/mol. The Morgan fingerprint density at radius 1 is 1.05 bits per heavy atom. The van der Waals surface area contributed by atoms with Crippen molar-refractivity contribution in [2.24, 2.45) is 11.8 Å². The van der Waals surface area contributed by atoms with Crippen LogP contribution >= 0.6 is 0 Å². The Hall–Kier alpha value is -2.69. The largest absolute Gasteiger partial charge is 0.497 e. The van der Waals surface area contributed by atoms with Crippen LogP contribution in [0.1, 0.15) is 82.7 Å². The van der Waals surface area contributed by atoms with Crippen molar-refractivity contribution >= 4 is 10.9 Å². The van der Waals surface area contributed by atoms with Gasteiger partial charge in [-0.05, 0) is 69.8 Å². The van der Waals surface area contributed by atoms with Crippen LogP contribution < -0.4 is 4.74 Å². The maximum atomic E-state index is 12.2. The molecule has 4 nitrogen and oxygen atoms in total. The second-order valence-corrected chi connectivity index (χ2v) is 14.2. The summed E-state index contributed by atoms with van der Waals surface area (Å²) in [5.41, 5.74) is 6.16. The Morgan fingerprint density at radius 3 is 2.36 bits per heavy atom. The van der Waals surface area contributed by atoms with Crippen LogP contribution in [0.5, 0.6) is 5.75 Å². The molecular formula is C35H47N2O2+. The van der Waals surface area contributed by atoms with E-state index in [1.807, 2.05) is 30.5 Å². The average molecular weight is 528 g/mol. The van der Waals surface area contributed by atoms with Gasteiger partial charge in [0, 0.05) is 35.9 Å². The van der Waals surface area contributed by atoms with Crippen LogP contribution in [0.15, 0.2) is 61.3 Å². The van der Waals surface area contributed by atoms with Crippen molar-refractivity contribution < 1.29 is 14.3 Å². The molecule has 0 amide bonds. The number of methoxy groups -OCH3 is 1. The van der Waals surface area contributed by atoms with E-state index in [0.29, 0.717) is 11.8 Å². The highest BCUT2D eigenvalue weighted by molar-refractivity contribution is 5.83. The SMILES string of the molecule is C=C[C@H]1C[N@+]2(Cc3cc(C(C)(C)C)cc(C(C)(C)C)c3)CC[C@H]1C[C@H]2[C@H](O)c1ccnc2ccc(OC)cc12. The van der Waals surface area contributed by atoms with Gasteiger partial charge in [0.15, 0.2) is 0 Å². The number of piperidine rings is 3. The number of hydrogen-bond acceptors (Lipinski definition) is 3. The molecule has 3 fully saturated rings. The number of aromatic nitrogens is 1. The normalized spacial score (nSPS) is 26.0. The third-order valence-electron chi connectivity index (χ3n) is 9.56. The number of pyridine rings is 1. The highest BCUT2D eigenvalue weighted by Gasteiger charge is 2.54. The van der Waals surface area contributed by atoms with E-state index in [1.165, 1.54) is 23.1 Å². The summed E-state index contributed by atoms with van der Waals surface area (Å²) in [4.78, 5) is 4.58. The van der Waals surface area contributed by atoms with Gasteiger partial charge < -0.3 is 14.3 Å². The first kappa shape index (κ1) is 27.9. The van der Waals surface area contributed by atoms with E-state index in [0.717, 1.165) is 52.8 Å². The second kappa shape index (κ2) is 10.1. The summed E-state index contributed by atoms with van der Waals surface area (Å²) < 4.78 is 6.43. The number of rotatable bonds is 6. The minimum absolute atomic E-state index is 0.0719. The van der Waals surface area contributed by atoms with E-state index in [4.69, 9.17) is 4.74 Å². The number of quaternary nitrogens is 1. The number of aliphatic hydroxyl groups is 1.